The Morgan fingerprint density at radius 3 is 2.24 bits per heavy atom. The summed E-state index contributed by atoms with van der Waals surface area (Å²) in [6, 6.07) is 18.6. The van der Waals surface area contributed by atoms with Crippen molar-refractivity contribution in [2.75, 3.05) is 0 Å². The standard InChI is InChI=1S/C20H16N4O4S/c21-13-16-6-10-20(11-7-16)29(27,28)23(15-18-3-1-2-12-22-18)14-17-4-8-19(9-5-17)24(25)26/h1-12H,14-15H2. The minimum Gasteiger partial charge on any atom is -0.260 e. The van der Waals surface area contributed by atoms with Crippen molar-refractivity contribution in [3.05, 3.63) is 99.9 Å². The third-order valence-corrected chi connectivity index (χ3v) is 6.00. The molecule has 9 heteroatoms. The molecule has 2 aromatic carbocycles. The van der Waals surface area contributed by atoms with Crippen molar-refractivity contribution in [3.8, 4) is 6.07 Å². The zero-order valence-electron chi connectivity index (χ0n) is 15.2. The van der Waals surface area contributed by atoms with E-state index in [9.17, 15) is 18.5 Å². The van der Waals surface area contributed by atoms with E-state index in [0.29, 0.717) is 16.8 Å². The normalized spacial score (nSPS) is 11.2. The molecule has 29 heavy (non-hydrogen) atoms. The summed E-state index contributed by atoms with van der Waals surface area (Å²) in [5, 5.41) is 19.8. The fraction of sp³-hybridized carbons (Fsp3) is 0.100. The maximum atomic E-state index is 13.2. The average Bonchev–Trinajstić information content (AvgIpc) is 2.74. The number of nitro groups is 1. The summed E-state index contributed by atoms with van der Waals surface area (Å²) in [6.07, 6.45) is 1.58. The summed E-state index contributed by atoms with van der Waals surface area (Å²) < 4.78 is 27.7. The fourth-order valence-corrected chi connectivity index (χ4v) is 4.07. The van der Waals surface area contributed by atoms with Gasteiger partial charge in [0.15, 0.2) is 0 Å². The van der Waals surface area contributed by atoms with Crippen LogP contribution in [0.5, 0.6) is 0 Å². The number of nitrogens with zero attached hydrogens (tertiary/aromatic N) is 4. The monoisotopic (exact) mass is 408 g/mol. The van der Waals surface area contributed by atoms with Crippen LogP contribution in [0.2, 0.25) is 0 Å². The SMILES string of the molecule is N#Cc1ccc(S(=O)(=O)N(Cc2ccc([N+](=O)[O-])cc2)Cc2ccccn2)cc1. The van der Waals surface area contributed by atoms with Gasteiger partial charge in [-0.05, 0) is 42.0 Å². The van der Waals surface area contributed by atoms with Crippen molar-refractivity contribution >= 4 is 15.7 Å². The number of benzene rings is 2. The molecule has 0 spiro atoms. The molecule has 0 N–H and O–H groups in total. The van der Waals surface area contributed by atoms with Crippen LogP contribution in [0.15, 0.2) is 77.8 Å². The van der Waals surface area contributed by atoms with Gasteiger partial charge < -0.3 is 0 Å². The molecule has 3 rings (SSSR count). The zero-order valence-corrected chi connectivity index (χ0v) is 16.0. The van der Waals surface area contributed by atoms with Crippen molar-refractivity contribution in [2.24, 2.45) is 0 Å². The van der Waals surface area contributed by atoms with Gasteiger partial charge in [0.2, 0.25) is 10.0 Å². The molecule has 0 bridgehead atoms. The van der Waals surface area contributed by atoms with E-state index in [-0.39, 0.29) is 23.7 Å². The van der Waals surface area contributed by atoms with E-state index in [1.807, 2.05) is 6.07 Å². The van der Waals surface area contributed by atoms with Gasteiger partial charge in [-0.25, -0.2) is 8.42 Å². The lowest BCUT2D eigenvalue weighted by Crippen LogP contribution is -2.30. The molecule has 0 aliphatic rings. The number of hydrogen-bond acceptors (Lipinski definition) is 6. The van der Waals surface area contributed by atoms with Crippen LogP contribution >= 0.6 is 0 Å². The third kappa shape index (κ3) is 4.82. The van der Waals surface area contributed by atoms with E-state index in [0.717, 1.165) is 0 Å². The highest BCUT2D eigenvalue weighted by Crippen LogP contribution is 2.22. The Morgan fingerprint density at radius 2 is 1.69 bits per heavy atom. The number of nitriles is 1. The molecular weight excluding hydrogens is 392 g/mol. The first kappa shape index (κ1) is 20.1. The van der Waals surface area contributed by atoms with Crippen LogP contribution in [-0.2, 0) is 23.1 Å². The molecule has 1 heterocycles. The molecular formula is C20H16N4O4S. The van der Waals surface area contributed by atoms with E-state index < -0.39 is 14.9 Å². The Labute approximate surface area is 167 Å². The fourth-order valence-electron chi connectivity index (χ4n) is 2.68. The summed E-state index contributed by atoms with van der Waals surface area (Å²) in [5.74, 6) is 0. The predicted octanol–water partition coefficient (Wildman–Crippen LogP) is 3.25. The van der Waals surface area contributed by atoms with Crippen molar-refractivity contribution < 1.29 is 13.3 Å². The summed E-state index contributed by atoms with van der Waals surface area (Å²) >= 11 is 0. The molecule has 0 amide bonds. The van der Waals surface area contributed by atoms with E-state index in [1.165, 1.54) is 52.8 Å². The number of non-ortho nitro benzene ring substituents is 1. The van der Waals surface area contributed by atoms with Crippen LogP contribution in [0.1, 0.15) is 16.8 Å². The number of pyridine rings is 1. The molecule has 0 saturated heterocycles. The van der Waals surface area contributed by atoms with Crippen molar-refractivity contribution in [3.63, 3.8) is 0 Å². The first-order chi connectivity index (χ1) is 13.9. The van der Waals surface area contributed by atoms with Gasteiger partial charge in [-0.1, -0.05) is 18.2 Å². The minimum atomic E-state index is -3.90. The molecule has 0 radical (unpaired) electrons. The smallest absolute Gasteiger partial charge is 0.260 e. The van der Waals surface area contributed by atoms with Gasteiger partial charge in [-0.15, -0.1) is 0 Å². The summed E-state index contributed by atoms with van der Waals surface area (Å²) in [4.78, 5) is 14.6. The predicted molar refractivity (Wildman–Crippen MR) is 105 cm³/mol. The van der Waals surface area contributed by atoms with Gasteiger partial charge in [0.1, 0.15) is 0 Å². The summed E-state index contributed by atoms with van der Waals surface area (Å²) in [7, 11) is -3.90. The lowest BCUT2D eigenvalue weighted by Gasteiger charge is -2.22. The molecule has 0 unspecified atom stereocenters. The lowest BCUT2D eigenvalue weighted by molar-refractivity contribution is -0.384. The van der Waals surface area contributed by atoms with Crippen LogP contribution in [0, 0.1) is 21.4 Å². The number of nitro benzene ring substituents is 1. The Kier molecular flexibility index (Phi) is 5.97. The minimum absolute atomic E-state index is 0.0108. The van der Waals surface area contributed by atoms with Crippen molar-refractivity contribution in [1.82, 2.24) is 9.29 Å². The van der Waals surface area contributed by atoms with Crippen LogP contribution in [0.3, 0.4) is 0 Å². The zero-order chi connectivity index (χ0) is 20.9. The topological polar surface area (TPSA) is 117 Å². The van der Waals surface area contributed by atoms with Crippen LogP contribution in [0.25, 0.3) is 0 Å². The quantitative estimate of drug-likeness (QED) is 0.437. The maximum absolute atomic E-state index is 13.2. The van der Waals surface area contributed by atoms with Crippen LogP contribution < -0.4 is 0 Å². The van der Waals surface area contributed by atoms with E-state index in [1.54, 1.807) is 24.4 Å². The number of hydrogen-bond donors (Lipinski definition) is 0. The van der Waals surface area contributed by atoms with Gasteiger partial charge in [-0.3, -0.25) is 15.1 Å². The Balaban J connectivity index is 1.95. The Bertz CT molecular complexity index is 1140. The van der Waals surface area contributed by atoms with Gasteiger partial charge in [0, 0.05) is 24.9 Å². The second kappa shape index (κ2) is 8.60. The summed E-state index contributed by atoms with van der Waals surface area (Å²) in [5.41, 5.74) is 1.45. The van der Waals surface area contributed by atoms with Crippen LogP contribution in [-0.4, -0.2) is 22.6 Å². The second-order valence-electron chi connectivity index (χ2n) is 6.15. The molecule has 0 aliphatic heterocycles. The highest BCUT2D eigenvalue weighted by atomic mass is 32.2. The largest absolute Gasteiger partial charge is 0.269 e. The first-order valence-electron chi connectivity index (χ1n) is 8.54. The molecule has 0 saturated carbocycles. The second-order valence-corrected chi connectivity index (χ2v) is 8.09. The molecule has 1 aromatic heterocycles. The molecule has 146 valence electrons. The van der Waals surface area contributed by atoms with Crippen LogP contribution in [0.4, 0.5) is 5.69 Å². The maximum Gasteiger partial charge on any atom is 0.269 e. The lowest BCUT2D eigenvalue weighted by atomic mass is 10.2. The van der Waals surface area contributed by atoms with Gasteiger partial charge in [0.25, 0.3) is 5.69 Å². The molecule has 0 atom stereocenters. The Hall–Kier alpha value is -3.61. The highest BCUT2D eigenvalue weighted by molar-refractivity contribution is 7.89. The summed E-state index contributed by atoms with van der Waals surface area (Å²) in [6.45, 7) is 0.0388. The molecule has 0 fully saturated rings. The van der Waals surface area contributed by atoms with Crippen molar-refractivity contribution in [1.29, 1.82) is 5.26 Å². The number of sulfonamides is 1. The first-order valence-corrected chi connectivity index (χ1v) is 9.98. The number of aromatic nitrogens is 1. The molecule has 0 aliphatic carbocycles. The third-order valence-electron chi connectivity index (χ3n) is 4.19. The van der Waals surface area contributed by atoms with E-state index in [2.05, 4.69) is 4.98 Å². The molecule has 8 nitrogen and oxygen atoms in total. The van der Waals surface area contributed by atoms with Crippen molar-refractivity contribution in [2.45, 2.75) is 18.0 Å². The number of rotatable bonds is 7. The van der Waals surface area contributed by atoms with Gasteiger partial charge in [0.05, 0.1) is 33.7 Å². The van der Waals surface area contributed by atoms with E-state index >= 15 is 0 Å². The highest BCUT2D eigenvalue weighted by Gasteiger charge is 2.25. The van der Waals surface area contributed by atoms with Gasteiger partial charge >= 0.3 is 0 Å². The Morgan fingerprint density at radius 1 is 1.00 bits per heavy atom. The van der Waals surface area contributed by atoms with E-state index in [4.69, 9.17) is 5.26 Å². The van der Waals surface area contributed by atoms with Gasteiger partial charge in [-0.2, -0.15) is 9.57 Å². The molecule has 3 aromatic rings. The average molecular weight is 408 g/mol.